The van der Waals surface area contributed by atoms with Gasteiger partial charge in [0.25, 0.3) is 0 Å². The number of nitrogens with one attached hydrogen (secondary N) is 2. The van der Waals surface area contributed by atoms with Crippen LogP contribution in [0, 0.1) is 11.3 Å². The minimum atomic E-state index is 0.430. The Morgan fingerprint density at radius 1 is 1.20 bits per heavy atom. The van der Waals surface area contributed by atoms with E-state index in [9.17, 15) is 0 Å². The first kappa shape index (κ1) is 20.5. The van der Waals surface area contributed by atoms with Crippen LogP contribution in [0.4, 0.5) is 0 Å². The van der Waals surface area contributed by atoms with Crippen molar-refractivity contribution in [2.24, 2.45) is 16.3 Å². The maximum Gasteiger partial charge on any atom is 0.190 e. The summed E-state index contributed by atoms with van der Waals surface area (Å²) >= 11 is 0. The van der Waals surface area contributed by atoms with E-state index in [1.807, 2.05) is 7.05 Å². The number of methoxy groups -OCH3 is 1. The van der Waals surface area contributed by atoms with Gasteiger partial charge in [-0.15, -0.1) is 0 Å². The second-order valence-electron chi connectivity index (χ2n) is 8.18. The van der Waals surface area contributed by atoms with Crippen molar-refractivity contribution in [3.8, 4) is 0 Å². The molecule has 2 aliphatic rings. The number of aliphatic imine (C=N–C) groups is 1. The standard InChI is InChI=1S/C20H40N4O/c1-18-7-14-24(15-8-18)13-5-4-12-22-19(21-2)23-17-20(9-6-10-20)11-16-25-3/h18H,4-17H2,1-3H3,(H2,21,22,23). The molecular weight excluding hydrogens is 312 g/mol. The van der Waals surface area contributed by atoms with Crippen molar-refractivity contribution in [2.75, 3.05) is 53.5 Å². The third-order valence-electron chi connectivity index (χ3n) is 6.17. The van der Waals surface area contributed by atoms with Crippen LogP contribution in [0.5, 0.6) is 0 Å². The van der Waals surface area contributed by atoms with Crippen molar-refractivity contribution in [3.63, 3.8) is 0 Å². The fraction of sp³-hybridized carbons (Fsp3) is 0.950. The molecule has 0 amide bonds. The fourth-order valence-electron chi connectivity index (χ4n) is 3.96. The highest BCUT2D eigenvalue weighted by atomic mass is 16.5. The zero-order valence-corrected chi connectivity index (χ0v) is 16.8. The fourth-order valence-corrected chi connectivity index (χ4v) is 3.96. The highest BCUT2D eigenvalue weighted by molar-refractivity contribution is 5.79. The van der Waals surface area contributed by atoms with E-state index < -0.39 is 0 Å². The van der Waals surface area contributed by atoms with Crippen LogP contribution in [0.3, 0.4) is 0 Å². The molecule has 0 bridgehead atoms. The van der Waals surface area contributed by atoms with E-state index in [0.29, 0.717) is 5.41 Å². The number of rotatable bonds is 10. The largest absolute Gasteiger partial charge is 0.385 e. The maximum absolute atomic E-state index is 5.28. The molecule has 0 aromatic carbocycles. The molecule has 1 saturated carbocycles. The maximum atomic E-state index is 5.28. The molecule has 0 spiro atoms. The second kappa shape index (κ2) is 11.0. The molecule has 0 aromatic heterocycles. The minimum Gasteiger partial charge on any atom is -0.385 e. The van der Waals surface area contributed by atoms with Gasteiger partial charge in [-0.1, -0.05) is 13.3 Å². The van der Waals surface area contributed by atoms with E-state index in [1.54, 1.807) is 7.11 Å². The van der Waals surface area contributed by atoms with Crippen molar-refractivity contribution >= 4 is 5.96 Å². The summed E-state index contributed by atoms with van der Waals surface area (Å²) < 4.78 is 5.28. The van der Waals surface area contributed by atoms with Crippen molar-refractivity contribution in [1.82, 2.24) is 15.5 Å². The molecule has 1 aliphatic heterocycles. The number of nitrogens with zero attached hydrogens (tertiary/aromatic N) is 2. The van der Waals surface area contributed by atoms with Gasteiger partial charge in [-0.05, 0) is 75.9 Å². The van der Waals surface area contributed by atoms with Gasteiger partial charge in [-0.25, -0.2) is 0 Å². The topological polar surface area (TPSA) is 48.9 Å². The Labute approximate surface area is 155 Å². The van der Waals surface area contributed by atoms with E-state index in [2.05, 4.69) is 27.4 Å². The molecule has 2 N–H and O–H groups in total. The summed E-state index contributed by atoms with van der Waals surface area (Å²) in [5, 5.41) is 7.02. The van der Waals surface area contributed by atoms with E-state index in [1.165, 1.54) is 64.6 Å². The van der Waals surface area contributed by atoms with Gasteiger partial charge in [0.15, 0.2) is 5.96 Å². The van der Waals surface area contributed by atoms with Gasteiger partial charge in [0.2, 0.25) is 0 Å². The summed E-state index contributed by atoms with van der Waals surface area (Å²) in [5.41, 5.74) is 0.430. The SMILES string of the molecule is CN=C(NCCCCN1CCC(C)CC1)NCC1(CCOC)CCC1. The summed E-state index contributed by atoms with van der Waals surface area (Å²) in [6.45, 7) is 9.10. The predicted octanol–water partition coefficient (Wildman–Crippen LogP) is 2.87. The number of piperidine rings is 1. The molecule has 2 rings (SSSR count). The first-order valence-corrected chi connectivity index (χ1v) is 10.3. The van der Waals surface area contributed by atoms with Crippen LogP contribution in [0.2, 0.25) is 0 Å². The first-order valence-electron chi connectivity index (χ1n) is 10.3. The van der Waals surface area contributed by atoms with Gasteiger partial charge >= 0.3 is 0 Å². The predicted molar refractivity (Wildman–Crippen MR) is 106 cm³/mol. The van der Waals surface area contributed by atoms with Crippen molar-refractivity contribution < 1.29 is 4.74 Å². The number of hydrogen-bond donors (Lipinski definition) is 2. The molecule has 1 saturated heterocycles. The second-order valence-corrected chi connectivity index (χ2v) is 8.18. The molecule has 1 heterocycles. The van der Waals surface area contributed by atoms with Crippen molar-refractivity contribution in [2.45, 2.75) is 58.3 Å². The molecule has 1 aliphatic carbocycles. The third kappa shape index (κ3) is 7.14. The van der Waals surface area contributed by atoms with E-state index >= 15 is 0 Å². The molecule has 5 heteroatoms. The smallest absolute Gasteiger partial charge is 0.190 e. The quantitative estimate of drug-likeness (QED) is 0.361. The Hall–Kier alpha value is -0.810. The Morgan fingerprint density at radius 3 is 2.56 bits per heavy atom. The third-order valence-corrected chi connectivity index (χ3v) is 6.17. The lowest BCUT2D eigenvalue weighted by Crippen LogP contribution is -2.47. The van der Waals surface area contributed by atoms with E-state index in [-0.39, 0.29) is 0 Å². The van der Waals surface area contributed by atoms with Crippen LogP contribution in [0.1, 0.15) is 58.3 Å². The molecule has 0 aromatic rings. The Bertz CT molecular complexity index is 387. The van der Waals surface area contributed by atoms with Crippen LogP contribution in [-0.4, -0.2) is 64.3 Å². The van der Waals surface area contributed by atoms with E-state index in [0.717, 1.165) is 38.0 Å². The monoisotopic (exact) mass is 352 g/mol. The number of guanidine groups is 1. The lowest BCUT2D eigenvalue weighted by Gasteiger charge is -2.42. The molecule has 5 nitrogen and oxygen atoms in total. The highest BCUT2D eigenvalue weighted by Crippen LogP contribution is 2.43. The van der Waals surface area contributed by atoms with Crippen LogP contribution in [0.15, 0.2) is 4.99 Å². The van der Waals surface area contributed by atoms with Gasteiger partial charge in [0, 0.05) is 33.9 Å². The molecule has 0 radical (unpaired) electrons. The first-order chi connectivity index (χ1) is 12.2. The van der Waals surface area contributed by atoms with Crippen LogP contribution >= 0.6 is 0 Å². The summed E-state index contributed by atoms with van der Waals surface area (Å²) in [7, 11) is 3.66. The molecule has 0 unspecified atom stereocenters. The zero-order valence-electron chi connectivity index (χ0n) is 16.8. The lowest BCUT2D eigenvalue weighted by atomic mass is 9.67. The number of ether oxygens (including phenoxy) is 1. The zero-order chi connectivity index (χ0) is 18.0. The normalized spacial score (nSPS) is 21.8. The molecule has 0 atom stereocenters. The summed E-state index contributed by atoms with van der Waals surface area (Å²) in [6, 6.07) is 0. The van der Waals surface area contributed by atoms with Gasteiger partial charge < -0.3 is 20.3 Å². The van der Waals surface area contributed by atoms with Crippen LogP contribution < -0.4 is 10.6 Å². The lowest BCUT2D eigenvalue weighted by molar-refractivity contribution is 0.0732. The summed E-state index contributed by atoms with van der Waals surface area (Å²) in [4.78, 5) is 7.01. The van der Waals surface area contributed by atoms with Gasteiger partial charge in [-0.3, -0.25) is 4.99 Å². The van der Waals surface area contributed by atoms with Crippen LogP contribution in [-0.2, 0) is 4.74 Å². The number of likely N-dealkylation sites (tertiary alicyclic amines) is 1. The average Bonchev–Trinajstić information content (AvgIpc) is 2.60. The molecule has 2 fully saturated rings. The van der Waals surface area contributed by atoms with Crippen LogP contribution in [0.25, 0.3) is 0 Å². The number of hydrogen-bond acceptors (Lipinski definition) is 3. The van der Waals surface area contributed by atoms with Gasteiger partial charge in [-0.2, -0.15) is 0 Å². The van der Waals surface area contributed by atoms with Gasteiger partial charge in [0.1, 0.15) is 0 Å². The summed E-state index contributed by atoms with van der Waals surface area (Å²) in [5.74, 6) is 1.88. The summed E-state index contributed by atoms with van der Waals surface area (Å²) in [6.07, 6.45) is 10.4. The molecular formula is C20H40N4O. The Morgan fingerprint density at radius 2 is 1.96 bits per heavy atom. The van der Waals surface area contributed by atoms with E-state index in [4.69, 9.17) is 4.74 Å². The minimum absolute atomic E-state index is 0.430. The van der Waals surface area contributed by atoms with Gasteiger partial charge in [0.05, 0.1) is 0 Å². The number of unbranched alkanes of at least 4 members (excludes halogenated alkanes) is 1. The molecule has 25 heavy (non-hydrogen) atoms. The Balaban J connectivity index is 1.54. The highest BCUT2D eigenvalue weighted by Gasteiger charge is 2.36. The van der Waals surface area contributed by atoms with Crippen molar-refractivity contribution in [3.05, 3.63) is 0 Å². The van der Waals surface area contributed by atoms with Crippen molar-refractivity contribution in [1.29, 1.82) is 0 Å². The average molecular weight is 353 g/mol. The Kier molecular flexibility index (Phi) is 9.04. The molecule has 146 valence electrons.